The minimum Gasteiger partial charge on any atom is -0.493 e. The number of hydrogen-bond donors (Lipinski definition) is 0. The molecule has 6 nitrogen and oxygen atoms in total. The summed E-state index contributed by atoms with van der Waals surface area (Å²) in [5.74, 6) is 1.11. The molecule has 0 bridgehead atoms. The molecule has 5 rings (SSSR count). The van der Waals surface area contributed by atoms with Crippen molar-refractivity contribution in [1.82, 2.24) is 9.47 Å². The highest BCUT2D eigenvalue weighted by Gasteiger charge is 2.35. The first-order valence-corrected chi connectivity index (χ1v) is 13.0. The number of nitrogens with zero attached hydrogens (tertiary/aromatic N) is 2. The second-order valence-electron chi connectivity index (χ2n) is 8.19. The van der Waals surface area contributed by atoms with Crippen molar-refractivity contribution in [2.75, 3.05) is 13.7 Å². The molecule has 0 spiro atoms. The van der Waals surface area contributed by atoms with Crippen LogP contribution in [0.2, 0.25) is 0 Å². The van der Waals surface area contributed by atoms with Gasteiger partial charge in [0.05, 0.1) is 25.1 Å². The summed E-state index contributed by atoms with van der Waals surface area (Å²) >= 11 is 4.39. The number of rotatable bonds is 8. The molecule has 8 heteroatoms. The van der Waals surface area contributed by atoms with Crippen LogP contribution in [0.15, 0.2) is 88.4 Å². The van der Waals surface area contributed by atoms with E-state index in [0.29, 0.717) is 29.6 Å². The zero-order valence-corrected chi connectivity index (χ0v) is 21.9. The van der Waals surface area contributed by atoms with E-state index in [-0.39, 0.29) is 17.7 Å². The number of hydrogen-bond acceptors (Lipinski definition) is 5. The van der Waals surface area contributed by atoms with Crippen LogP contribution in [0.1, 0.15) is 11.1 Å². The van der Waals surface area contributed by atoms with Gasteiger partial charge in [-0.3, -0.25) is 14.5 Å². The molecular formula is C28H23BrN2O4S. The van der Waals surface area contributed by atoms with Gasteiger partial charge in [-0.05, 0) is 53.7 Å². The van der Waals surface area contributed by atoms with Crippen LogP contribution in [0.5, 0.6) is 11.5 Å². The standard InChI is InChI=1S/C28H23BrN2O4S/c1-34-24-8-4-5-9-25(24)35-15-14-30-18-20(22-6-2-3-7-23(22)30)16-26-27(32)31(28(33)36-26)17-19-10-12-21(29)13-11-19/h2-13,16,18H,14-15,17H2,1H3/b26-16-. The number of para-hydroxylation sites is 3. The summed E-state index contributed by atoms with van der Waals surface area (Å²) in [6.07, 6.45) is 3.81. The summed E-state index contributed by atoms with van der Waals surface area (Å²) in [6, 6.07) is 23.2. The van der Waals surface area contributed by atoms with Crippen molar-refractivity contribution < 1.29 is 19.1 Å². The maximum Gasteiger partial charge on any atom is 0.293 e. The maximum absolute atomic E-state index is 13.1. The molecule has 4 aromatic rings. The molecule has 2 amide bonds. The maximum atomic E-state index is 13.1. The van der Waals surface area contributed by atoms with Crippen LogP contribution < -0.4 is 9.47 Å². The van der Waals surface area contributed by atoms with Crippen LogP contribution in [-0.4, -0.2) is 34.3 Å². The number of methoxy groups -OCH3 is 1. The highest BCUT2D eigenvalue weighted by molar-refractivity contribution is 9.10. The average Bonchev–Trinajstić information content (AvgIpc) is 3.37. The molecule has 0 radical (unpaired) electrons. The lowest BCUT2D eigenvalue weighted by molar-refractivity contribution is -0.123. The summed E-state index contributed by atoms with van der Waals surface area (Å²) in [5, 5.41) is 0.748. The van der Waals surface area contributed by atoms with Crippen LogP contribution >= 0.6 is 27.7 Å². The Morgan fingerprint density at radius 3 is 2.44 bits per heavy atom. The number of ether oxygens (including phenoxy) is 2. The quantitative estimate of drug-likeness (QED) is 0.223. The molecule has 182 valence electrons. The Kier molecular flexibility index (Phi) is 7.16. The Bertz CT molecular complexity index is 1460. The molecule has 0 saturated carbocycles. The zero-order chi connectivity index (χ0) is 25.1. The Balaban J connectivity index is 1.35. The molecule has 36 heavy (non-hydrogen) atoms. The fourth-order valence-electron chi connectivity index (χ4n) is 4.12. The van der Waals surface area contributed by atoms with Gasteiger partial charge in [-0.25, -0.2) is 0 Å². The van der Waals surface area contributed by atoms with Gasteiger partial charge in [0.1, 0.15) is 6.61 Å². The minimum absolute atomic E-state index is 0.247. The van der Waals surface area contributed by atoms with Crippen molar-refractivity contribution in [2.24, 2.45) is 0 Å². The van der Waals surface area contributed by atoms with E-state index in [1.54, 1.807) is 7.11 Å². The van der Waals surface area contributed by atoms with Crippen molar-refractivity contribution in [2.45, 2.75) is 13.1 Å². The Morgan fingerprint density at radius 2 is 1.67 bits per heavy atom. The Morgan fingerprint density at radius 1 is 0.944 bits per heavy atom. The fraction of sp³-hybridized carbons (Fsp3) is 0.143. The third-order valence-corrected chi connectivity index (χ3v) is 7.33. The lowest BCUT2D eigenvalue weighted by atomic mass is 10.1. The number of aromatic nitrogens is 1. The number of imide groups is 1. The van der Waals surface area contributed by atoms with Crippen LogP contribution in [0, 0.1) is 0 Å². The fourth-order valence-corrected chi connectivity index (χ4v) is 5.21. The molecule has 0 aliphatic carbocycles. The lowest BCUT2D eigenvalue weighted by Crippen LogP contribution is -2.27. The molecule has 1 fully saturated rings. The molecule has 1 aliphatic rings. The smallest absolute Gasteiger partial charge is 0.293 e. The van der Waals surface area contributed by atoms with Gasteiger partial charge in [0.25, 0.3) is 11.1 Å². The molecule has 1 aliphatic heterocycles. The van der Waals surface area contributed by atoms with Crippen LogP contribution in [-0.2, 0) is 17.9 Å². The van der Waals surface area contributed by atoms with Crippen molar-refractivity contribution >= 4 is 55.8 Å². The van der Waals surface area contributed by atoms with E-state index >= 15 is 0 Å². The summed E-state index contributed by atoms with van der Waals surface area (Å²) < 4.78 is 14.4. The van der Waals surface area contributed by atoms with Gasteiger partial charge in [-0.1, -0.05) is 58.4 Å². The molecule has 3 aromatic carbocycles. The van der Waals surface area contributed by atoms with E-state index in [0.717, 1.165) is 38.3 Å². The Labute approximate surface area is 221 Å². The number of benzene rings is 3. The number of amides is 2. The molecule has 1 saturated heterocycles. The first-order valence-electron chi connectivity index (χ1n) is 11.4. The second-order valence-corrected chi connectivity index (χ2v) is 10.1. The summed E-state index contributed by atoms with van der Waals surface area (Å²) in [4.78, 5) is 27.4. The third-order valence-electron chi connectivity index (χ3n) is 5.89. The number of carbonyl (C=O) groups is 2. The van der Waals surface area contributed by atoms with Crippen LogP contribution in [0.25, 0.3) is 17.0 Å². The van der Waals surface area contributed by atoms with Gasteiger partial charge < -0.3 is 14.0 Å². The normalized spacial score (nSPS) is 14.7. The number of halogens is 1. The zero-order valence-electron chi connectivity index (χ0n) is 19.5. The van der Waals surface area contributed by atoms with Gasteiger partial charge in [0.15, 0.2) is 11.5 Å². The molecular weight excluding hydrogens is 540 g/mol. The van der Waals surface area contributed by atoms with E-state index in [1.165, 1.54) is 4.90 Å². The van der Waals surface area contributed by atoms with Gasteiger partial charge in [0, 0.05) is 27.1 Å². The van der Waals surface area contributed by atoms with Gasteiger partial charge in [-0.2, -0.15) is 0 Å². The number of thioether (sulfide) groups is 1. The van der Waals surface area contributed by atoms with E-state index in [2.05, 4.69) is 20.5 Å². The lowest BCUT2D eigenvalue weighted by Gasteiger charge is -2.12. The van der Waals surface area contributed by atoms with E-state index in [9.17, 15) is 9.59 Å². The first-order chi connectivity index (χ1) is 17.5. The van der Waals surface area contributed by atoms with E-state index in [4.69, 9.17) is 9.47 Å². The van der Waals surface area contributed by atoms with E-state index in [1.807, 2.05) is 85.1 Å². The van der Waals surface area contributed by atoms with Gasteiger partial charge in [-0.15, -0.1) is 0 Å². The SMILES string of the molecule is COc1ccccc1OCCn1cc(/C=C2\SC(=O)N(Cc3ccc(Br)cc3)C2=O)c2ccccc21. The molecule has 1 aromatic heterocycles. The molecule has 2 heterocycles. The van der Waals surface area contributed by atoms with Gasteiger partial charge in [0.2, 0.25) is 0 Å². The van der Waals surface area contributed by atoms with Crippen molar-refractivity contribution in [3.8, 4) is 11.5 Å². The summed E-state index contributed by atoms with van der Waals surface area (Å²) in [7, 11) is 1.62. The number of carbonyl (C=O) groups excluding carboxylic acids is 2. The van der Waals surface area contributed by atoms with E-state index < -0.39 is 0 Å². The average molecular weight is 563 g/mol. The minimum atomic E-state index is -0.274. The topological polar surface area (TPSA) is 60.8 Å². The van der Waals surface area contributed by atoms with Crippen molar-refractivity contribution in [3.63, 3.8) is 0 Å². The van der Waals surface area contributed by atoms with Crippen LogP contribution in [0.3, 0.4) is 0 Å². The van der Waals surface area contributed by atoms with Crippen molar-refractivity contribution in [3.05, 3.63) is 99.5 Å². The van der Waals surface area contributed by atoms with Crippen molar-refractivity contribution in [1.29, 1.82) is 0 Å². The largest absolute Gasteiger partial charge is 0.493 e. The summed E-state index contributed by atoms with van der Waals surface area (Å²) in [5.41, 5.74) is 2.81. The molecule has 0 unspecified atom stereocenters. The predicted molar refractivity (Wildman–Crippen MR) is 146 cm³/mol. The first kappa shape index (κ1) is 24.2. The third kappa shape index (κ3) is 5.05. The van der Waals surface area contributed by atoms with Crippen LogP contribution in [0.4, 0.5) is 4.79 Å². The predicted octanol–water partition coefficient (Wildman–Crippen LogP) is 6.73. The molecule has 0 N–H and O–H groups in total. The monoisotopic (exact) mass is 562 g/mol. The highest BCUT2D eigenvalue weighted by atomic mass is 79.9. The number of fused-ring (bicyclic) bond motifs is 1. The van der Waals surface area contributed by atoms with Gasteiger partial charge >= 0.3 is 0 Å². The molecule has 0 atom stereocenters. The second kappa shape index (κ2) is 10.6. The highest BCUT2D eigenvalue weighted by Crippen LogP contribution is 2.35. The summed E-state index contributed by atoms with van der Waals surface area (Å²) in [6.45, 7) is 1.30. The Hall–Kier alpha value is -3.49.